The Morgan fingerprint density at radius 2 is 1.09 bits per heavy atom. The zero-order chi connectivity index (χ0) is 15.6. The number of unbranched alkanes of at least 4 members (excludes halogenated alkanes) is 1. The van der Waals surface area contributed by atoms with Crippen LogP contribution in [0.15, 0.2) is 0 Å². The van der Waals surface area contributed by atoms with Gasteiger partial charge in [0.05, 0.1) is 57.0 Å². The molecule has 4 rings (SSSR count). The Balaban J connectivity index is 1.43. The second kappa shape index (κ2) is 7.33. The van der Waals surface area contributed by atoms with Gasteiger partial charge in [-0.15, -0.1) is 0 Å². The van der Waals surface area contributed by atoms with Crippen molar-refractivity contribution >= 4 is 0 Å². The molecule has 0 saturated carbocycles. The molecule has 132 valence electrons. The summed E-state index contributed by atoms with van der Waals surface area (Å²) in [5.41, 5.74) is 0. The van der Waals surface area contributed by atoms with Crippen molar-refractivity contribution in [3.05, 3.63) is 0 Å². The van der Waals surface area contributed by atoms with E-state index in [1.807, 2.05) is 0 Å². The molecule has 0 aromatic heterocycles. The van der Waals surface area contributed by atoms with Gasteiger partial charge in [-0.05, 0) is 6.42 Å². The van der Waals surface area contributed by atoms with Gasteiger partial charge in [-0.25, -0.2) is 0 Å². The quantitative estimate of drug-likeness (QED) is 0.367. The van der Waals surface area contributed by atoms with Crippen LogP contribution in [0.3, 0.4) is 0 Å². The third kappa shape index (κ3) is 5.37. The predicted octanol–water partition coefficient (Wildman–Crippen LogP) is 0.702. The average Bonchev–Trinajstić information content (AvgIpc) is 3.31. The van der Waals surface area contributed by atoms with Gasteiger partial charge in [-0.2, -0.15) is 0 Å². The highest BCUT2D eigenvalue weighted by molar-refractivity contribution is 4.89. The summed E-state index contributed by atoms with van der Waals surface area (Å²) in [5.74, 6) is 0. The molecule has 6 nitrogen and oxygen atoms in total. The van der Waals surface area contributed by atoms with Crippen molar-refractivity contribution in [2.24, 2.45) is 0 Å². The summed E-state index contributed by atoms with van der Waals surface area (Å²) in [6, 6.07) is 0. The molecule has 0 radical (unpaired) electrons. The van der Waals surface area contributed by atoms with Crippen LogP contribution in [-0.2, 0) is 18.9 Å². The van der Waals surface area contributed by atoms with Crippen molar-refractivity contribution in [3.63, 3.8) is 0 Å². The highest BCUT2D eigenvalue weighted by Gasteiger charge is 2.39. The molecule has 4 aliphatic heterocycles. The van der Waals surface area contributed by atoms with Crippen molar-refractivity contribution in [1.82, 2.24) is 9.80 Å². The lowest BCUT2D eigenvalue weighted by Crippen LogP contribution is -2.53. The topological polar surface area (TPSA) is 56.6 Å². The average molecular weight is 326 g/mol. The predicted molar refractivity (Wildman–Crippen MR) is 85.4 cm³/mol. The van der Waals surface area contributed by atoms with E-state index < -0.39 is 0 Å². The highest BCUT2D eigenvalue weighted by Crippen LogP contribution is 2.25. The summed E-state index contributed by atoms with van der Waals surface area (Å²) >= 11 is 0. The Bertz CT molecular complexity index is 321. The van der Waals surface area contributed by atoms with E-state index in [2.05, 4.69) is 16.7 Å². The van der Waals surface area contributed by atoms with Gasteiger partial charge in [0.2, 0.25) is 0 Å². The molecule has 0 aromatic carbocycles. The van der Waals surface area contributed by atoms with Crippen molar-refractivity contribution in [1.29, 1.82) is 0 Å². The van der Waals surface area contributed by atoms with Crippen molar-refractivity contribution in [3.8, 4) is 0 Å². The maximum Gasteiger partial charge on any atom is 0.0937 e. The molecule has 0 amide bonds. The molecule has 23 heavy (non-hydrogen) atoms. The summed E-state index contributed by atoms with van der Waals surface area (Å²) in [6.07, 6.45) is 5.85. The lowest BCUT2D eigenvalue weighted by molar-refractivity contribution is 0.0168. The lowest BCUT2D eigenvalue weighted by atomic mass is 10.1. The van der Waals surface area contributed by atoms with E-state index in [9.17, 15) is 0 Å². The molecule has 4 saturated heterocycles. The van der Waals surface area contributed by atoms with Crippen molar-refractivity contribution in [2.75, 3.05) is 52.6 Å². The van der Waals surface area contributed by atoms with Gasteiger partial charge >= 0.3 is 0 Å². The van der Waals surface area contributed by atoms with E-state index in [-0.39, 0.29) is 0 Å². The van der Waals surface area contributed by atoms with Crippen LogP contribution in [0.4, 0.5) is 0 Å². The Morgan fingerprint density at radius 1 is 0.739 bits per heavy atom. The molecule has 0 aromatic rings. The lowest BCUT2D eigenvalue weighted by Gasteiger charge is -2.39. The van der Waals surface area contributed by atoms with E-state index in [4.69, 9.17) is 18.9 Å². The Morgan fingerprint density at radius 3 is 1.35 bits per heavy atom. The van der Waals surface area contributed by atoms with Gasteiger partial charge in [0.15, 0.2) is 0 Å². The molecule has 4 unspecified atom stereocenters. The van der Waals surface area contributed by atoms with Gasteiger partial charge in [-0.1, -0.05) is 19.8 Å². The zero-order valence-electron chi connectivity index (χ0n) is 14.2. The molecule has 0 spiro atoms. The van der Waals surface area contributed by atoms with Crippen molar-refractivity contribution < 1.29 is 18.9 Å². The Kier molecular flexibility index (Phi) is 5.18. The first-order valence-electron chi connectivity index (χ1n) is 9.26. The van der Waals surface area contributed by atoms with Gasteiger partial charge < -0.3 is 18.9 Å². The number of ether oxygens (including phenoxy) is 4. The summed E-state index contributed by atoms with van der Waals surface area (Å²) < 4.78 is 22.0. The molecular formula is C17H30N2O4. The SMILES string of the molecule is CCCCC(N(CC1CO1)CC1CO1)N(CC1CO1)CC1CO1. The van der Waals surface area contributed by atoms with Crippen LogP contribution in [-0.4, -0.2) is 93.0 Å². The third-order valence-electron chi connectivity index (χ3n) is 5.02. The number of hydrogen-bond acceptors (Lipinski definition) is 6. The smallest absolute Gasteiger partial charge is 0.0937 e. The third-order valence-corrected chi connectivity index (χ3v) is 5.02. The van der Waals surface area contributed by atoms with E-state index in [1.165, 1.54) is 19.3 Å². The summed E-state index contributed by atoms with van der Waals surface area (Å²) in [7, 11) is 0. The molecule has 4 atom stereocenters. The molecule has 0 bridgehead atoms. The summed E-state index contributed by atoms with van der Waals surface area (Å²) in [4.78, 5) is 5.21. The fourth-order valence-electron chi connectivity index (χ4n) is 3.36. The van der Waals surface area contributed by atoms with E-state index in [0.717, 1.165) is 52.6 Å². The maximum absolute atomic E-state index is 5.51. The molecule has 4 heterocycles. The van der Waals surface area contributed by atoms with Crippen LogP contribution in [0, 0.1) is 0 Å². The van der Waals surface area contributed by atoms with Crippen LogP contribution in [0.25, 0.3) is 0 Å². The van der Waals surface area contributed by atoms with E-state index >= 15 is 0 Å². The zero-order valence-corrected chi connectivity index (χ0v) is 14.2. The van der Waals surface area contributed by atoms with Crippen molar-refractivity contribution in [2.45, 2.75) is 56.8 Å². The molecule has 0 N–H and O–H groups in total. The van der Waals surface area contributed by atoms with Crippen LogP contribution in [0.2, 0.25) is 0 Å². The minimum atomic E-state index is 0.425. The summed E-state index contributed by atoms with van der Waals surface area (Å²) in [6.45, 7) is 10.1. The Hall–Kier alpha value is -0.240. The van der Waals surface area contributed by atoms with Crippen LogP contribution < -0.4 is 0 Å². The molecule has 4 fully saturated rings. The molecule has 6 heteroatoms. The van der Waals surface area contributed by atoms with Gasteiger partial charge in [0.25, 0.3) is 0 Å². The van der Waals surface area contributed by atoms with E-state index in [0.29, 0.717) is 30.6 Å². The van der Waals surface area contributed by atoms with Crippen LogP contribution in [0.5, 0.6) is 0 Å². The second-order valence-electron chi connectivity index (χ2n) is 7.35. The highest BCUT2D eigenvalue weighted by atomic mass is 16.6. The first kappa shape index (κ1) is 16.2. The number of rotatable bonds is 13. The maximum atomic E-state index is 5.51. The second-order valence-corrected chi connectivity index (χ2v) is 7.35. The first-order valence-corrected chi connectivity index (χ1v) is 9.26. The molecular weight excluding hydrogens is 296 g/mol. The largest absolute Gasteiger partial charge is 0.372 e. The van der Waals surface area contributed by atoms with Gasteiger partial charge in [0, 0.05) is 26.2 Å². The minimum absolute atomic E-state index is 0.425. The monoisotopic (exact) mass is 326 g/mol. The standard InChI is InChI=1S/C17H30N2O4/c1-2-3-4-17(18(5-13-9-20-13)6-14-10-21-14)19(7-15-11-22-15)8-16-12-23-16/h13-17H,2-12H2,1H3. The fourth-order valence-corrected chi connectivity index (χ4v) is 3.36. The molecule has 0 aliphatic carbocycles. The number of nitrogens with zero attached hydrogens (tertiary/aromatic N) is 2. The van der Waals surface area contributed by atoms with Gasteiger partial charge in [0.1, 0.15) is 0 Å². The Labute approximate surface area is 139 Å². The van der Waals surface area contributed by atoms with Gasteiger partial charge in [-0.3, -0.25) is 9.80 Å². The van der Waals surface area contributed by atoms with Crippen LogP contribution in [0.1, 0.15) is 26.2 Å². The van der Waals surface area contributed by atoms with E-state index in [1.54, 1.807) is 0 Å². The molecule has 4 aliphatic rings. The van der Waals surface area contributed by atoms with Crippen LogP contribution >= 0.6 is 0 Å². The normalized spacial score (nSPS) is 35.6. The first-order chi connectivity index (χ1) is 11.3. The summed E-state index contributed by atoms with van der Waals surface area (Å²) in [5, 5.41) is 0. The minimum Gasteiger partial charge on any atom is -0.372 e. The fraction of sp³-hybridized carbons (Fsp3) is 1.00. The number of epoxide rings is 4. The number of hydrogen-bond donors (Lipinski definition) is 0.